The van der Waals surface area contributed by atoms with Crippen molar-refractivity contribution >= 4 is 21.7 Å². The lowest BCUT2D eigenvalue weighted by Gasteiger charge is -2.14. The van der Waals surface area contributed by atoms with Crippen LogP contribution in [0.4, 0.5) is 0 Å². The lowest BCUT2D eigenvalue weighted by molar-refractivity contribution is 0.489. The highest BCUT2D eigenvalue weighted by Crippen LogP contribution is 2.19. The molecule has 0 spiro atoms. The van der Waals surface area contributed by atoms with Crippen molar-refractivity contribution in [1.29, 1.82) is 0 Å². The van der Waals surface area contributed by atoms with E-state index >= 15 is 0 Å². The van der Waals surface area contributed by atoms with Crippen LogP contribution in [0.15, 0.2) is 73.2 Å². The van der Waals surface area contributed by atoms with Crippen LogP contribution in [0.1, 0.15) is 37.3 Å². The molecule has 0 unspecified atom stereocenters. The van der Waals surface area contributed by atoms with Gasteiger partial charge in [-0.25, -0.2) is 0 Å². The quantitative estimate of drug-likeness (QED) is 0.406. The number of para-hydroxylation sites is 1. The number of benzene rings is 2. The summed E-state index contributed by atoms with van der Waals surface area (Å²) < 4.78 is 0. The van der Waals surface area contributed by atoms with E-state index in [1.807, 2.05) is 18.6 Å². The Hall–Kier alpha value is -2.78. The molecule has 0 amide bonds. The molecule has 4 aromatic rings. The summed E-state index contributed by atoms with van der Waals surface area (Å²) in [6.45, 7) is 3.20. The van der Waals surface area contributed by atoms with Gasteiger partial charge in [0, 0.05) is 41.9 Å². The van der Waals surface area contributed by atoms with Gasteiger partial charge in [0.05, 0.1) is 5.52 Å². The van der Waals surface area contributed by atoms with Crippen LogP contribution in [0.5, 0.6) is 0 Å². The summed E-state index contributed by atoms with van der Waals surface area (Å²) in [6, 6.07) is 19.8. The fourth-order valence-corrected chi connectivity index (χ4v) is 3.78. The summed E-state index contributed by atoms with van der Waals surface area (Å²) in [5, 5.41) is 7.41. The van der Waals surface area contributed by atoms with Crippen molar-refractivity contribution in [2.45, 2.75) is 45.2 Å². The molecule has 0 radical (unpaired) electrons. The van der Waals surface area contributed by atoms with Gasteiger partial charge in [0.1, 0.15) is 0 Å². The highest BCUT2D eigenvalue weighted by atomic mass is 14.9. The monoisotopic (exact) mass is 369 g/mol. The van der Waals surface area contributed by atoms with Crippen molar-refractivity contribution in [3.8, 4) is 0 Å². The predicted molar refractivity (Wildman–Crippen MR) is 117 cm³/mol. The third-order valence-electron chi connectivity index (χ3n) is 5.43. The number of hydrogen-bond donors (Lipinski definition) is 1. The van der Waals surface area contributed by atoms with E-state index in [-0.39, 0.29) is 0 Å². The Morgan fingerprint density at radius 3 is 2.82 bits per heavy atom. The zero-order valence-electron chi connectivity index (χ0n) is 16.4. The largest absolute Gasteiger partial charge is 0.310 e. The average molecular weight is 370 g/mol. The van der Waals surface area contributed by atoms with E-state index in [0.717, 1.165) is 18.5 Å². The highest BCUT2D eigenvalue weighted by molar-refractivity contribution is 5.82. The summed E-state index contributed by atoms with van der Waals surface area (Å²) in [4.78, 5) is 8.63. The maximum atomic E-state index is 4.46. The molecule has 28 heavy (non-hydrogen) atoms. The van der Waals surface area contributed by atoms with Gasteiger partial charge in [0.2, 0.25) is 0 Å². The first-order valence-corrected chi connectivity index (χ1v) is 10.2. The molecule has 4 rings (SSSR count). The van der Waals surface area contributed by atoms with Gasteiger partial charge in [-0.05, 0) is 67.0 Å². The molecule has 0 saturated heterocycles. The molecule has 0 aliphatic heterocycles. The first kappa shape index (κ1) is 18.6. The van der Waals surface area contributed by atoms with Crippen LogP contribution in [-0.4, -0.2) is 16.0 Å². The lowest BCUT2D eigenvalue weighted by Crippen LogP contribution is -2.25. The third-order valence-corrected chi connectivity index (χ3v) is 5.43. The van der Waals surface area contributed by atoms with Crippen LogP contribution in [0.25, 0.3) is 21.7 Å². The van der Waals surface area contributed by atoms with Gasteiger partial charge in [-0.15, -0.1) is 0 Å². The Kier molecular flexibility index (Phi) is 5.93. The Bertz CT molecular complexity index is 1050. The zero-order chi connectivity index (χ0) is 19.2. The lowest BCUT2D eigenvalue weighted by atomic mass is 10.0. The molecule has 0 bridgehead atoms. The topological polar surface area (TPSA) is 37.8 Å². The van der Waals surface area contributed by atoms with Crippen LogP contribution in [0, 0.1) is 0 Å². The number of nitrogens with one attached hydrogen (secondary N) is 1. The van der Waals surface area contributed by atoms with Crippen LogP contribution in [0.3, 0.4) is 0 Å². The van der Waals surface area contributed by atoms with Gasteiger partial charge in [-0.1, -0.05) is 36.8 Å². The third kappa shape index (κ3) is 4.55. The minimum Gasteiger partial charge on any atom is -0.310 e. The maximum absolute atomic E-state index is 4.46. The molecular formula is C25H27N3. The molecule has 1 N–H and O–H groups in total. The normalized spacial score (nSPS) is 12.5. The van der Waals surface area contributed by atoms with Crippen molar-refractivity contribution in [2.24, 2.45) is 0 Å². The second-order valence-electron chi connectivity index (χ2n) is 7.57. The molecule has 0 aliphatic carbocycles. The number of aromatic nitrogens is 2. The van der Waals surface area contributed by atoms with Gasteiger partial charge >= 0.3 is 0 Å². The summed E-state index contributed by atoms with van der Waals surface area (Å²) in [7, 11) is 0. The van der Waals surface area contributed by atoms with Crippen molar-refractivity contribution in [2.75, 3.05) is 0 Å². The van der Waals surface area contributed by atoms with Crippen molar-refractivity contribution in [3.63, 3.8) is 0 Å². The van der Waals surface area contributed by atoms with Crippen molar-refractivity contribution < 1.29 is 0 Å². The van der Waals surface area contributed by atoms with Crippen LogP contribution in [-0.2, 0) is 13.0 Å². The van der Waals surface area contributed by atoms with Crippen LogP contribution < -0.4 is 5.32 Å². The molecule has 3 nitrogen and oxygen atoms in total. The molecule has 3 heteroatoms. The van der Waals surface area contributed by atoms with Gasteiger partial charge in [0.25, 0.3) is 0 Å². The first-order valence-electron chi connectivity index (χ1n) is 10.2. The Labute approximate surface area is 166 Å². The Morgan fingerprint density at radius 2 is 1.86 bits per heavy atom. The van der Waals surface area contributed by atoms with Crippen molar-refractivity contribution in [3.05, 3.63) is 84.3 Å². The summed E-state index contributed by atoms with van der Waals surface area (Å²) in [5.41, 5.74) is 3.84. The predicted octanol–water partition coefficient (Wildman–Crippen LogP) is 5.67. The molecule has 142 valence electrons. The van der Waals surface area contributed by atoms with E-state index in [4.69, 9.17) is 0 Å². The average Bonchev–Trinajstić information content (AvgIpc) is 2.75. The molecule has 0 aliphatic rings. The van der Waals surface area contributed by atoms with E-state index in [9.17, 15) is 0 Å². The molecule has 2 aromatic heterocycles. The molecule has 2 heterocycles. The van der Waals surface area contributed by atoms with E-state index in [1.54, 1.807) is 0 Å². The van der Waals surface area contributed by atoms with Crippen LogP contribution >= 0.6 is 0 Å². The maximum Gasteiger partial charge on any atom is 0.0704 e. The second-order valence-corrected chi connectivity index (χ2v) is 7.57. The Balaban J connectivity index is 1.23. The fraction of sp³-hybridized carbons (Fsp3) is 0.280. The Morgan fingerprint density at radius 1 is 0.929 bits per heavy atom. The molecule has 0 fully saturated rings. The number of aryl methyl sites for hydroxylation is 1. The number of pyridine rings is 2. The van der Waals surface area contributed by atoms with Gasteiger partial charge in [0.15, 0.2) is 0 Å². The first-order chi connectivity index (χ1) is 13.8. The summed E-state index contributed by atoms with van der Waals surface area (Å²) in [5.74, 6) is 0. The SMILES string of the molecule is C[C@H](CCCCc1ccnc2ccccc12)NCc1ccc2cnccc2c1. The van der Waals surface area contributed by atoms with Gasteiger partial charge in [-0.2, -0.15) is 0 Å². The number of unbranched alkanes of at least 4 members (excludes halogenated alkanes) is 1. The van der Waals surface area contributed by atoms with Crippen LogP contribution in [0.2, 0.25) is 0 Å². The minimum atomic E-state index is 0.516. The molecule has 0 saturated carbocycles. The van der Waals surface area contributed by atoms with E-state index in [0.29, 0.717) is 6.04 Å². The summed E-state index contributed by atoms with van der Waals surface area (Å²) in [6.07, 6.45) is 10.5. The number of hydrogen-bond acceptors (Lipinski definition) is 3. The molecule has 1 atom stereocenters. The highest BCUT2D eigenvalue weighted by Gasteiger charge is 2.05. The van der Waals surface area contributed by atoms with E-state index in [1.165, 1.54) is 46.5 Å². The fourth-order valence-electron chi connectivity index (χ4n) is 3.78. The van der Waals surface area contributed by atoms with E-state index < -0.39 is 0 Å². The standard InChI is InChI=1S/C25H27N3/c1-19(28-17-20-10-11-23-18-26-14-12-22(23)16-20)6-2-3-7-21-13-15-27-25-9-5-4-8-24(21)25/h4-5,8-16,18-19,28H,2-3,6-7,17H2,1H3/t19-/m1/s1. The minimum absolute atomic E-state index is 0.516. The number of rotatable bonds is 8. The molecular weight excluding hydrogens is 342 g/mol. The number of nitrogens with zero attached hydrogens (tertiary/aromatic N) is 2. The van der Waals surface area contributed by atoms with Crippen molar-refractivity contribution in [1.82, 2.24) is 15.3 Å². The van der Waals surface area contributed by atoms with Gasteiger partial charge < -0.3 is 5.32 Å². The number of fused-ring (bicyclic) bond motifs is 2. The second kappa shape index (κ2) is 8.94. The van der Waals surface area contributed by atoms with Gasteiger partial charge in [-0.3, -0.25) is 9.97 Å². The summed E-state index contributed by atoms with van der Waals surface area (Å²) >= 11 is 0. The van der Waals surface area contributed by atoms with E-state index in [2.05, 4.69) is 76.8 Å². The smallest absolute Gasteiger partial charge is 0.0704 e. The molecule has 2 aromatic carbocycles. The zero-order valence-corrected chi connectivity index (χ0v) is 16.4.